The van der Waals surface area contributed by atoms with Crippen molar-refractivity contribution in [2.45, 2.75) is 0 Å². The van der Waals surface area contributed by atoms with Crippen molar-refractivity contribution in [1.82, 2.24) is 0 Å². The monoisotopic (exact) mass is 496 g/mol. The number of hydrogen-bond donors (Lipinski definition) is 0. The maximum atomic E-state index is 0. The number of rotatable bonds is 0. The quantitative estimate of drug-likeness (QED) is 0.347. The van der Waals surface area contributed by atoms with Crippen LogP contribution in [0.4, 0.5) is 0 Å². The van der Waals surface area contributed by atoms with Crippen molar-refractivity contribution in [3.05, 3.63) is 0 Å². The minimum absolute atomic E-state index is 0. The molecule has 0 spiro atoms. The third kappa shape index (κ3) is 19.7. The lowest BCUT2D eigenvalue weighted by molar-refractivity contribution is 5.75. The molecule has 0 fully saturated rings. The predicted octanol–water partition coefficient (Wildman–Crippen LogP) is 0.980. The van der Waals surface area contributed by atoms with Crippen LogP contribution in [-0.4, -0.2) is 11.0 Å². The van der Waals surface area contributed by atoms with Gasteiger partial charge in [0.25, 0.3) is 0 Å². The van der Waals surface area contributed by atoms with Crippen LogP contribution in [0, 0.1) is 0 Å². The molecule has 0 atom stereocenters. The molecule has 0 aromatic carbocycles. The van der Waals surface area contributed by atoms with Crippen LogP contribution in [0.1, 0.15) is 0 Å². The molecule has 0 bridgehead atoms. The Bertz CT molecular complexity index is 6.85. The van der Waals surface area contributed by atoms with Crippen LogP contribution < -0.4 is 0 Å². The maximum absolute atomic E-state index is 0. The van der Waals surface area contributed by atoms with Crippen molar-refractivity contribution in [2.24, 2.45) is 0 Å². The molecule has 40 valence electrons. The molecule has 5 heteroatoms. The lowest BCUT2D eigenvalue weighted by atomic mass is 28.1. The molecule has 0 aromatic rings. The van der Waals surface area contributed by atoms with Crippen LogP contribution >= 0.6 is 88.9 Å². The van der Waals surface area contributed by atoms with Crippen LogP contribution in [0.2, 0.25) is 0 Å². The van der Waals surface area contributed by atoms with Gasteiger partial charge in [-0.05, 0) is 11.0 Å². The molecule has 5 heavy (non-hydrogen) atoms. The molecule has 0 aliphatic carbocycles. The summed E-state index contributed by atoms with van der Waals surface area (Å²) in [4.78, 5) is 0. The fraction of sp³-hybridized carbons (Fsp3) is 0. The smallest absolute Gasteiger partial charge is 0.0149 e. The second-order valence-corrected chi connectivity index (χ2v) is 0. The first-order chi connectivity index (χ1) is 0. The molecular weight excluding hydrogens is 489 g/mol. The van der Waals surface area contributed by atoms with Crippen molar-refractivity contribution in [3.8, 4) is 0 Å². The van der Waals surface area contributed by atoms with Crippen molar-refractivity contribution >= 4 is 99.9 Å². The van der Waals surface area contributed by atoms with E-state index in [9.17, 15) is 0 Å². The third-order valence-corrected chi connectivity index (χ3v) is 0. The van der Waals surface area contributed by atoms with E-state index in [0.717, 1.165) is 0 Å². The van der Waals surface area contributed by atoms with E-state index >= 15 is 0 Å². The average molecular weight is 497 g/mol. The Morgan fingerprint density at radius 3 is 0.600 bits per heavy atom. The van der Waals surface area contributed by atoms with E-state index in [-0.39, 0.29) is 99.9 Å². The first-order valence-corrected chi connectivity index (χ1v) is 0. The predicted molar refractivity (Wildman–Crippen MR) is 67.9 cm³/mol. The Labute approximate surface area is 98.1 Å². The SMILES string of the molecule is Br.I.I.I.[SiH4]. The van der Waals surface area contributed by atoms with Gasteiger partial charge < -0.3 is 0 Å². The van der Waals surface area contributed by atoms with E-state index in [0.29, 0.717) is 0 Å². The molecule has 0 aromatic heterocycles. The van der Waals surface area contributed by atoms with Crippen LogP contribution in [-0.2, 0) is 0 Å². The Balaban J connectivity index is 0. The van der Waals surface area contributed by atoms with Gasteiger partial charge in [-0.15, -0.1) is 88.9 Å². The van der Waals surface area contributed by atoms with Crippen LogP contribution in [0.25, 0.3) is 0 Å². The highest BCUT2D eigenvalue weighted by molar-refractivity contribution is 14.0. The van der Waals surface area contributed by atoms with Gasteiger partial charge in [0, 0.05) is 0 Å². The van der Waals surface area contributed by atoms with Crippen LogP contribution in [0.5, 0.6) is 0 Å². The molecule has 0 heterocycles. The van der Waals surface area contributed by atoms with Gasteiger partial charge in [-0.2, -0.15) is 0 Å². The Kier molecular flexibility index (Phi) is 257. The van der Waals surface area contributed by atoms with Gasteiger partial charge >= 0.3 is 0 Å². The zero-order valence-electron chi connectivity index (χ0n) is 1.63. The van der Waals surface area contributed by atoms with Gasteiger partial charge in [-0.3, -0.25) is 0 Å². The second kappa shape index (κ2) is 28.6. The van der Waals surface area contributed by atoms with Crippen molar-refractivity contribution < 1.29 is 0 Å². The molecule has 0 N–H and O–H groups in total. The average Bonchev–Trinajstić information content (AvgIpc) is 0. The zero-order valence-corrected chi connectivity index (χ0v) is 10.3. The molecular formula is H8BrI3Si. The van der Waals surface area contributed by atoms with Gasteiger partial charge in [0.1, 0.15) is 0 Å². The summed E-state index contributed by atoms with van der Waals surface area (Å²) in [5.74, 6) is 0. The molecule has 0 aliphatic heterocycles. The maximum Gasteiger partial charge on any atom is -0.0149 e. The zero-order chi connectivity index (χ0) is 0. The summed E-state index contributed by atoms with van der Waals surface area (Å²) in [5.41, 5.74) is 0. The van der Waals surface area contributed by atoms with Gasteiger partial charge in [-0.1, -0.05) is 0 Å². The van der Waals surface area contributed by atoms with Crippen molar-refractivity contribution in [3.63, 3.8) is 0 Å². The highest BCUT2D eigenvalue weighted by Crippen LogP contribution is 0.888. The second-order valence-electron chi connectivity index (χ2n) is 0. The summed E-state index contributed by atoms with van der Waals surface area (Å²) in [6, 6.07) is 0. The highest BCUT2D eigenvalue weighted by Gasteiger charge is -0.0148. The molecule has 0 radical (unpaired) electrons. The summed E-state index contributed by atoms with van der Waals surface area (Å²) in [7, 11) is 0. The lowest BCUT2D eigenvalue weighted by Crippen LogP contribution is -0.381. The van der Waals surface area contributed by atoms with Crippen LogP contribution in [0.15, 0.2) is 0 Å². The van der Waals surface area contributed by atoms with Gasteiger partial charge in [0.05, 0.1) is 0 Å². The van der Waals surface area contributed by atoms with E-state index in [1.807, 2.05) is 0 Å². The fourth-order valence-electron chi connectivity index (χ4n) is 0. The standard InChI is InChI=1S/BrH.3HI.H4Si/h4*1H;1H4. The summed E-state index contributed by atoms with van der Waals surface area (Å²) in [6.45, 7) is 0. The molecule has 0 unspecified atom stereocenters. The van der Waals surface area contributed by atoms with Gasteiger partial charge in [0.15, 0.2) is 0 Å². The number of halogens is 4. The number of hydrogen-bond acceptors (Lipinski definition) is 0. The summed E-state index contributed by atoms with van der Waals surface area (Å²) in [6.07, 6.45) is 0. The Morgan fingerprint density at radius 1 is 0.600 bits per heavy atom. The minimum atomic E-state index is 0. The van der Waals surface area contributed by atoms with Gasteiger partial charge in [0.2, 0.25) is 0 Å². The fourth-order valence-corrected chi connectivity index (χ4v) is 0. The van der Waals surface area contributed by atoms with Crippen molar-refractivity contribution in [2.75, 3.05) is 0 Å². The minimum Gasteiger partial charge on any atom is -0.114 e. The highest BCUT2D eigenvalue weighted by atomic mass is 127. The summed E-state index contributed by atoms with van der Waals surface area (Å²) >= 11 is 0. The molecule has 0 rings (SSSR count). The summed E-state index contributed by atoms with van der Waals surface area (Å²) in [5, 5.41) is 0. The molecule has 0 saturated carbocycles. The van der Waals surface area contributed by atoms with E-state index in [4.69, 9.17) is 0 Å². The third-order valence-electron chi connectivity index (χ3n) is 0. The molecule has 0 nitrogen and oxygen atoms in total. The molecule has 0 aliphatic rings. The largest absolute Gasteiger partial charge is 0.114 e. The Morgan fingerprint density at radius 2 is 0.600 bits per heavy atom. The van der Waals surface area contributed by atoms with E-state index in [1.54, 1.807) is 0 Å². The van der Waals surface area contributed by atoms with Crippen molar-refractivity contribution in [1.29, 1.82) is 0 Å². The van der Waals surface area contributed by atoms with E-state index < -0.39 is 0 Å². The summed E-state index contributed by atoms with van der Waals surface area (Å²) < 4.78 is 0. The normalized spacial score (nSPS) is 0. The first-order valence-electron chi connectivity index (χ1n) is 0. The van der Waals surface area contributed by atoms with Gasteiger partial charge in [-0.25, -0.2) is 0 Å². The van der Waals surface area contributed by atoms with E-state index in [2.05, 4.69) is 0 Å². The molecule has 0 amide bonds. The first kappa shape index (κ1) is 44.9. The van der Waals surface area contributed by atoms with E-state index in [1.165, 1.54) is 0 Å². The lowest BCUT2D eigenvalue weighted by Gasteiger charge is -0.114. The van der Waals surface area contributed by atoms with Crippen LogP contribution in [0.3, 0.4) is 0 Å². The topological polar surface area (TPSA) is 0 Å². The molecule has 0 saturated heterocycles. The Hall–Kier alpha value is 2.89.